The number of amides is 2. The van der Waals surface area contributed by atoms with Crippen LogP contribution in [0.25, 0.3) is 0 Å². The molecule has 18 heavy (non-hydrogen) atoms. The van der Waals surface area contributed by atoms with Crippen LogP contribution in [0.1, 0.15) is 33.6 Å². The highest BCUT2D eigenvalue weighted by molar-refractivity contribution is 5.76. The summed E-state index contributed by atoms with van der Waals surface area (Å²) in [6.07, 6.45) is 6.39. The van der Waals surface area contributed by atoms with Crippen LogP contribution in [0.4, 0.5) is 4.79 Å². The molecule has 0 spiro atoms. The third-order valence-electron chi connectivity index (χ3n) is 2.80. The number of carboxylic acids is 1. The Morgan fingerprint density at radius 2 is 2.00 bits per heavy atom. The maximum absolute atomic E-state index is 11.6. The molecule has 0 aromatic carbocycles. The van der Waals surface area contributed by atoms with Gasteiger partial charge in [0.2, 0.25) is 0 Å². The predicted molar refractivity (Wildman–Crippen MR) is 70.0 cm³/mol. The molecule has 0 radical (unpaired) electrons. The number of rotatable bonds is 7. The molecule has 2 atom stereocenters. The number of terminal acetylenes is 1. The molecule has 2 amide bonds. The molecule has 0 aliphatic rings. The topological polar surface area (TPSA) is 78.4 Å². The smallest absolute Gasteiger partial charge is 0.315 e. The number of urea groups is 1. The first-order valence-electron chi connectivity index (χ1n) is 6.12. The standard InChI is InChI=1S/C13H22N2O3/c1-5-7-10(6-2)15-13(18)14-8-11(9(3)4)12(16)17/h1,9-11H,6-8H2,2-4H3,(H,16,17)(H2,14,15,18). The Balaban J connectivity index is 4.16. The molecule has 0 fully saturated rings. The van der Waals surface area contributed by atoms with E-state index in [0.717, 1.165) is 6.42 Å². The average Bonchev–Trinajstić information content (AvgIpc) is 2.27. The molecule has 102 valence electrons. The van der Waals surface area contributed by atoms with E-state index in [-0.39, 0.29) is 24.5 Å². The van der Waals surface area contributed by atoms with Crippen molar-refractivity contribution in [3.8, 4) is 12.3 Å². The van der Waals surface area contributed by atoms with Crippen molar-refractivity contribution < 1.29 is 14.7 Å². The van der Waals surface area contributed by atoms with E-state index in [1.165, 1.54) is 0 Å². The summed E-state index contributed by atoms with van der Waals surface area (Å²) in [6, 6.07) is -0.443. The van der Waals surface area contributed by atoms with Crippen LogP contribution >= 0.6 is 0 Å². The van der Waals surface area contributed by atoms with Crippen LogP contribution in [0.2, 0.25) is 0 Å². The summed E-state index contributed by atoms with van der Waals surface area (Å²) in [7, 11) is 0. The van der Waals surface area contributed by atoms with Gasteiger partial charge in [-0.25, -0.2) is 4.79 Å². The van der Waals surface area contributed by atoms with Gasteiger partial charge in [-0.15, -0.1) is 12.3 Å². The third kappa shape index (κ3) is 6.14. The minimum absolute atomic E-state index is 0.0320. The zero-order chi connectivity index (χ0) is 14.1. The second-order valence-electron chi connectivity index (χ2n) is 4.56. The molecule has 5 heteroatoms. The lowest BCUT2D eigenvalue weighted by atomic mass is 9.96. The van der Waals surface area contributed by atoms with E-state index < -0.39 is 11.9 Å². The van der Waals surface area contributed by atoms with Crippen molar-refractivity contribution in [3.63, 3.8) is 0 Å². The van der Waals surface area contributed by atoms with E-state index in [1.54, 1.807) is 0 Å². The maximum atomic E-state index is 11.6. The van der Waals surface area contributed by atoms with Crippen LogP contribution in [0.3, 0.4) is 0 Å². The van der Waals surface area contributed by atoms with Gasteiger partial charge in [0.05, 0.1) is 5.92 Å². The van der Waals surface area contributed by atoms with E-state index in [1.807, 2.05) is 20.8 Å². The summed E-state index contributed by atoms with van der Waals surface area (Å²) < 4.78 is 0. The Morgan fingerprint density at radius 1 is 1.39 bits per heavy atom. The van der Waals surface area contributed by atoms with E-state index in [4.69, 9.17) is 11.5 Å². The summed E-state index contributed by atoms with van der Waals surface area (Å²) in [6.45, 7) is 5.67. The Labute approximate surface area is 108 Å². The van der Waals surface area contributed by atoms with Crippen LogP contribution in [-0.4, -0.2) is 29.7 Å². The van der Waals surface area contributed by atoms with Gasteiger partial charge >= 0.3 is 12.0 Å². The van der Waals surface area contributed by atoms with Crippen LogP contribution in [0, 0.1) is 24.2 Å². The van der Waals surface area contributed by atoms with Crippen molar-refractivity contribution in [2.75, 3.05) is 6.54 Å². The molecule has 0 aliphatic heterocycles. The first-order valence-corrected chi connectivity index (χ1v) is 6.12. The molecule has 2 unspecified atom stereocenters. The molecular formula is C13H22N2O3. The number of carbonyl (C=O) groups excluding carboxylic acids is 1. The summed E-state index contributed by atoms with van der Waals surface area (Å²) in [5.41, 5.74) is 0. The Morgan fingerprint density at radius 3 is 2.39 bits per heavy atom. The highest BCUT2D eigenvalue weighted by atomic mass is 16.4. The van der Waals surface area contributed by atoms with Crippen molar-refractivity contribution in [1.82, 2.24) is 10.6 Å². The highest BCUT2D eigenvalue weighted by Gasteiger charge is 2.22. The van der Waals surface area contributed by atoms with E-state index >= 15 is 0 Å². The number of carbonyl (C=O) groups is 2. The fraction of sp³-hybridized carbons (Fsp3) is 0.692. The highest BCUT2D eigenvalue weighted by Crippen LogP contribution is 2.09. The summed E-state index contributed by atoms with van der Waals surface area (Å²) in [4.78, 5) is 22.5. The number of aliphatic carboxylic acids is 1. The molecule has 0 rings (SSSR count). The number of carboxylic acid groups (broad SMARTS) is 1. The SMILES string of the molecule is C#CCC(CC)NC(=O)NCC(C(=O)O)C(C)C. The monoisotopic (exact) mass is 254 g/mol. The molecule has 0 aromatic heterocycles. The molecule has 0 heterocycles. The third-order valence-corrected chi connectivity index (χ3v) is 2.80. The number of hydrogen-bond donors (Lipinski definition) is 3. The van der Waals surface area contributed by atoms with Crippen LogP contribution < -0.4 is 10.6 Å². The maximum Gasteiger partial charge on any atom is 0.315 e. The van der Waals surface area contributed by atoms with Gasteiger partial charge in [0.25, 0.3) is 0 Å². The van der Waals surface area contributed by atoms with Crippen LogP contribution in [0.5, 0.6) is 0 Å². The largest absolute Gasteiger partial charge is 0.481 e. The van der Waals surface area contributed by atoms with Gasteiger partial charge in [-0.05, 0) is 12.3 Å². The van der Waals surface area contributed by atoms with Crippen molar-refractivity contribution in [2.24, 2.45) is 11.8 Å². The van der Waals surface area contributed by atoms with E-state index in [9.17, 15) is 9.59 Å². The Bertz CT molecular complexity index is 321. The molecule has 0 bridgehead atoms. The van der Waals surface area contributed by atoms with Gasteiger partial charge in [0, 0.05) is 19.0 Å². The van der Waals surface area contributed by atoms with Gasteiger partial charge in [-0.1, -0.05) is 20.8 Å². The molecule has 0 aliphatic carbocycles. The molecule has 0 saturated heterocycles. The quantitative estimate of drug-likeness (QED) is 0.602. The molecule has 0 saturated carbocycles. The lowest BCUT2D eigenvalue weighted by molar-refractivity contribution is -0.142. The lowest BCUT2D eigenvalue weighted by Crippen LogP contribution is -2.45. The lowest BCUT2D eigenvalue weighted by Gasteiger charge is -2.19. The zero-order valence-electron chi connectivity index (χ0n) is 11.2. The fourth-order valence-corrected chi connectivity index (χ4v) is 1.49. The van der Waals surface area contributed by atoms with Gasteiger partial charge in [-0.3, -0.25) is 4.79 Å². The van der Waals surface area contributed by atoms with Crippen LogP contribution in [-0.2, 0) is 4.79 Å². The molecule has 0 aromatic rings. The van der Waals surface area contributed by atoms with Gasteiger partial charge in [-0.2, -0.15) is 0 Å². The average molecular weight is 254 g/mol. The first kappa shape index (κ1) is 16.3. The molecular weight excluding hydrogens is 232 g/mol. The van der Waals surface area contributed by atoms with Crippen LogP contribution in [0.15, 0.2) is 0 Å². The van der Waals surface area contributed by atoms with Gasteiger partial charge < -0.3 is 15.7 Å². The normalized spacial score (nSPS) is 13.5. The Kier molecular flexibility index (Phi) is 7.61. The molecule has 5 nitrogen and oxygen atoms in total. The fourth-order valence-electron chi connectivity index (χ4n) is 1.49. The van der Waals surface area contributed by atoms with Crippen molar-refractivity contribution in [1.29, 1.82) is 0 Å². The van der Waals surface area contributed by atoms with Crippen molar-refractivity contribution >= 4 is 12.0 Å². The molecule has 3 N–H and O–H groups in total. The van der Waals surface area contributed by atoms with Crippen molar-refractivity contribution in [3.05, 3.63) is 0 Å². The Hall–Kier alpha value is -1.70. The first-order chi connectivity index (χ1) is 8.42. The summed E-state index contributed by atoms with van der Waals surface area (Å²) in [5, 5.41) is 14.3. The minimum atomic E-state index is -0.902. The van der Waals surface area contributed by atoms with Gasteiger partial charge in [0.1, 0.15) is 0 Å². The second kappa shape index (κ2) is 8.40. The second-order valence-corrected chi connectivity index (χ2v) is 4.56. The zero-order valence-corrected chi connectivity index (χ0v) is 11.2. The predicted octanol–water partition coefficient (Wildman–Crippen LogP) is 1.44. The van der Waals surface area contributed by atoms with E-state index in [2.05, 4.69) is 16.6 Å². The number of hydrogen-bond acceptors (Lipinski definition) is 2. The van der Waals surface area contributed by atoms with Crippen molar-refractivity contribution in [2.45, 2.75) is 39.7 Å². The number of nitrogens with one attached hydrogen (secondary N) is 2. The minimum Gasteiger partial charge on any atom is -0.481 e. The van der Waals surface area contributed by atoms with Gasteiger partial charge in [0.15, 0.2) is 0 Å². The summed E-state index contributed by atoms with van der Waals surface area (Å²) in [5.74, 6) is 0.975. The summed E-state index contributed by atoms with van der Waals surface area (Å²) >= 11 is 0. The van der Waals surface area contributed by atoms with E-state index in [0.29, 0.717) is 6.42 Å².